The number of benzene rings is 2. The van der Waals surface area contributed by atoms with E-state index in [1.165, 1.54) is 11.9 Å². The van der Waals surface area contributed by atoms with Gasteiger partial charge in [0.15, 0.2) is 18.1 Å². The lowest BCUT2D eigenvalue weighted by Gasteiger charge is -2.11. The molecule has 0 aliphatic carbocycles. The van der Waals surface area contributed by atoms with Gasteiger partial charge in [-0.25, -0.2) is 14.6 Å². The van der Waals surface area contributed by atoms with Crippen molar-refractivity contribution in [2.75, 3.05) is 18.5 Å². The molecule has 1 amide bonds. The first-order chi connectivity index (χ1) is 17.9. The van der Waals surface area contributed by atoms with Crippen molar-refractivity contribution in [1.29, 1.82) is 0 Å². The van der Waals surface area contributed by atoms with Crippen LogP contribution < -0.4 is 14.8 Å². The van der Waals surface area contributed by atoms with Crippen molar-refractivity contribution < 1.29 is 14.3 Å². The van der Waals surface area contributed by atoms with Crippen LogP contribution in [0, 0.1) is 20.8 Å². The Morgan fingerprint density at radius 3 is 2.43 bits per heavy atom. The van der Waals surface area contributed by atoms with Gasteiger partial charge in [-0.3, -0.25) is 4.79 Å². The first-order valence-electron chi connectivity index (χ1n) is 11.9. The molecule has 0 bridgehead atoms. The molecule has 0 fully saturated rings. The molecule has 2 aromatic carbocycles. The zero-order valence-corrected chi connectivity index (χ0v) is 21.1. The molecule has 0 aliphatic rings. The zero-order valence-electron chi connectivity index (χ0n) is 21.1. The Morgan fingerprint density at radius 1 is 0.946 bits per heavy atom. The smallest absolute Gasteiger partial charge is 0.263 e. The number of carbonyl (C=O) groups is 1. The van der Waals surface area contributed by atoms with Gasteiger partial charge in [0.05, 0.1) is 29.6 Å². The van der Waals surface area contributed by atoms with Crippen molar-refractivity contribution in [1.82, 2.24) is 29.5 Å². The topological polar surface area (TPSA) is 109 Å². The van der Waals surface area contributed by atoms with E-state index in [2.05, 4.69) is 38.5 Å². The lowest BCUT2D eigenvalue weighted by atomic mass is 10.1. The van der Waals surface area contributed by atoms with Gasteiger partial charge in [-0.2, -0.15) is 14.9 Å². The van der Waals surface area contributed by atoms with Gasteiger partial charge < -0.3 is 14.8 Å². The summed E-state index contributed by atoms with van der Waals surface area (Å²) in [7, 11) is 0. The number of hydrogen-bond donors (Lipinski definition) is 1. The Balaban J connectivity index is 1.39. The third-order valence-electron chi connectivity index (χ3n) is 5.73. The first kappa shape index (κ1) is 24.0. The SMILES string of the molecule is CCOc1ccc(OCC(=O)Nc2cc(C)nn2-c2ncnc3c2cnn3-c2ccc(C)cc2C)cc1. The van der Waals surface area contributed by atoms with Crippen molar-refractivity contribution in [2.45, 2.75) is 27.7 Å². The lowest BCUT2D eigenvalue weighted by molar-refractivity contribution is -0.118. The molecule has 0 atom stereocenters. The summed E-state index contributed by atoms with van der Waals surface area (Å²) >= 11 is 0. The fourth-order valence-corrected chi connectivity index (χ4v) is 4.10. The summed E-state index contributed by atoms with van der Waals surface area (Å²) in [6.07, 6.45) is 3.18. The molecule has 37 heavy (non-hydrogen) atoms. The van der Waals surface area contributed by atoms with E-state index in [-0.39, 0.29) is 12.5 Å². The van der Waals surface area contributed by atoms with Crippen LogP contribution in [0.3, 0.4) is 0 Å². The monoisotopic (exact) mass is 497 g/mol. The molecule has 0 spiro atoms. The number of nitrogens with zero attached hydrogens (tertiary/aromatic N) is 6. The second-order valence-electron chi connectivity index (χ2n) is 8.60. The van der Waals surface area contributed by atoms with Crippen LogP contribution in [0.1, 0.15) is 23.7 Å². The average molecular weight is 498 g/mol. The van der Waals surface area contributed by atoms with Crippen LogP contribution in [-0.4, -0.2) is 48.6 Å². The van der Waals surface area contributed by atoms with Gasteiger partial charge in [0.25, 0.3) is 5.91 Å². The van der Waals surface area contributed by atoms with Gasteiger partial charge >= 0.3 is 0 Å². The first-order valence-corrected chi connectivity index (χ1v) is 11.9. The Bertz CT molecular complexity index is 1570. The summed E-state index contributed by atoms with van der Waals surface area (Å²) in [6, 6.07) is 15.1. The maximum absolute atomic E-state index is 12.7. The summed E-state index contributed by atoms with van der Waals surface area (Å²) in [5.74, 6) is 1.97. The summed E-state index contributed by atoms with van der Waals surface area (Å²) in [5.41, 5.74) is 4.55. The minimum Gasteiger partial charge on any atom is -0.494 e. The molecule has 1 N–H and O–H groups in total. The van der Waals surface area contributed by atoms with Gasteiger partial charge in [0.1, 0.15) is 23.6 Å². The van der Waals surface area contributed by atoms with Gasteiger partial charge in [-0.15, -0.1) is 0 Å². The second kappa shape index (κ2) is 10.1. The zero-order chi connectivity index (χ0) is 25.9. The number of ether oxygens (including phenoxy) is 2. The molecule has 188 valence electrons. The van der Waals surface area contributed by atoms with Crippen LogP contribution in [0.15, 0.2) is 61.1 Å². The van der Waals surface area contributed by atoms with E-state index in [1.807, 2.05) is 32.9 Å². The van der Waals surface area contributed by atoms with Crippen LogP contribution in [-0.2, 0) is 4.79 Å². The van der Waals surface area contributed by atoms with Gasteiger partial charge in [-0.1, -0.05) is 17.7 Å². The predicted molar refractivity (Wildman–Crippen MR) is 140 cm³/mol. The number of anilines is 1. The molecule has 5 aromatic rings. The maximum Gasteiger partial charge on any atom is 0.263 e. The van der Waals surface area contributed by atoms with Crippen LogP contribution in [0.25, 0.3) is 22.5 Å². The lowest BCUT2D eigenvalue weighted by Crippen LogP contribution is -2.22. The van der Waals surface area contributed by atoms with E-state index in [0.29, 0.717) is 35.0 Å². The second-order valence-corrected chi connectivity index (χ2v) is 8.60. The fraction of sp³-hybridized carbons (Fsp3) is 0.222. The third kappa shape index (κ3) is 4.99. The van der Waals surface area contributed by atoms with Crippen LogP contribution in [0.4, 0.5) is 5.82 Å². The van der Waals surface area contributed by atoms with E-state index >= 15 is 0 Å². The van der Waals surface area contributed by atoms with E-state index < -0.39 is 0 Å². The number of fused-ring (bicyclic) bond motifs is 1. The third-order valence-corrected chi connectivity index (χ3v) is 5.73. The quantitative estimate of drug-likeness (QED) is 0.340. The highest BCUT2D eigenvalue weighted by Crippen LogP contribution is 2.25. The minimum atomic E-state index is -0.327. The van der Waals surface area contributed by atoms with Crippen LogP contribution in [0.2, 0.25) is 0 Å². The number of nitrogens with one attached hydrogen (secondary N) is 1. The van der Waals surface area contributed by atoms with Crippen molar-refractivity contribution in [2.24, 2.45) is 0 Å². The highest BCUT2D eigenvalue weighted by atomic mass is 16.5. The Kier molecular flexibility index (Phi) is 6.55. The molecule has 3 heterocycles. The molecule has 5 rings (SSSR count). The summed E-state index contributed by atoms with van der Waals surface area (Å²) in [6.45, 7) is 8.28. The normalized spacial score (nSPS) is 11.0. The highest BCUT2D eigenvalue weighted by Gasteiger charge is 2.18. The largest absolute Gasteiger partial charge is 0.494 e. The minimum absolute atomic E-state index is 0.165. The number of amides is 1. The van der Waals surface area contributed by atoms with E-state index in [0.717, 1.165) is 22.7 Å². The molecular formula is C27H27N7O3. The van der Waals surface area contributed by atoms with Crippen molar-refractivity contribution in [3.8, 4) is 23.0 Å². The number of carbonyl (C=O) groups excluding carboxylic acids is 1. The molecule has 0 radical (unpaired) electrons. The molecule has 0 saturated heterocycles. The van der Waals surface area contributed by atoms with E-state index in [9.17, 15) is 4.79 Å². The molecule has 0 aliphatic heterocycles. The maximum atomic E-state index is 12.7. The Hall–Kier alpha value is -4.73. The van der Waals surface area contributed by atoms with Crippen molar-refractivity contribution in [3.05, 3.63) is 77.9 Å². The Labute approximate surface area is 213 Å². The summed E-state index contributed by atoms with van der Waals surface area (Å²) in [4.78, 5) is 21.7. The molecule has 0 unspecified atom stereocenters. The van der Waals surface area contributed by atoms with E-state index in [4.69, 9.17) is 9.47 Å². The number of aromatic nitrogens is 6. The average Bonchev–Trinajstić information content (AvgIpc) is 3.47. The van der Waals surface area contributed by atoms with Crippen LogP contribution >= 0.6 is 0 Å². The highest BCUT2D eigenvalue weighted by molar-refractivity contribution is 5.92. The molecule has 0 saturated carbocycles. The number of rotatable bonds is 8. The molecule has 10 nitrogen and oxygen atoms in total. The van der Waals surface area contributed by atoms with Gasteiger partial charge in [0.2, 0.25) is 0 Å². The van der Waals surface area contributed by atoms with Crippen molar-refractivity contribution >= 4 is 22.8 Å². The van der Waals surface area contributed by atoms with Gasteiger partial charge in [-0.05, 0) is 63.6 Å². The number of hydrogen-bond acceptors (Lipinski definition) is 7. The number of aryl methyl sites for hydroxylation is 3. The standard InChI is InChI=1S/C27H27N7O3/c1-5-36-20-7-9-21(10-8-20)37-15-25(35)31-24-13-19(4)32-34(24)27-22-14-30-33(26(22)28-16-29-27)23-11-6-17(2)12-18(23)3/h6-14,16H,5,15H2,1-4H3,(H,31,35). The molecule has 10 heteroatoms. The van der Waals surface area contributed by atoms with E-state index in [1.54, 1.807) is 45.9 Å². The van der Waals surface area contributed by atoms with Gasteiger partial charge in [0, 0.05) is 6.07 Å². The Morgan fingerprint density at radius 2 is 1.70 bits per heavy atom. The molecule has 3 aromatic heterocycles. The summed E-state index contributed by atoms with van der Waals surface area (Å²) < 4.78 is 14.4. The fourth-order valence-electron chi connectivity index (χ4n) is 4.10. The molecular weight excluding hydrogens is 470 g/mol. The predicted octanol–water partition coefficient (Wildman–Crippen LogP) is 4.34. The van der Waals surface area contributed by atoms with Crippen LogP contribution in [0.5, 0.6) is 11.5 Å². The van der Waals surface area contributed by atoms with Crippen molar-refractivity contribution in [3.63, 3.8) is 0 Å². The summed E-state index contributed by atoms with van der Waals surface area (Å²) in [5, 5.41) is 12.7.